The smallest absolute Gasteiger partial charge is 0.181 e. The predicted octanol–water partition coefficient (Wildman–Crippen LogP) is 4.49. The molecule has 0 atom stereocenters. The number of anilines is 2. The fourth-order valence-electron chi connectivity index (χ4n) is 3.82. The van der Waals surface area contributed by atoms with Gasteiger partial charge in [0.05, 0.1) is 0 Å². The average molecular weight is 344 g/mol. The monoisotopic (exact) mass is 344 g/mol. The van der Waals surface area contributed by atoms with Crippen LogP contribution in [0.15, 0.2) is 73.1 Å². The maximum atomic E-state index is 12.3. The predicted molar refractivity (Wildman–Crippen MR) is 108 cm³/mol. The van der Waals surface area contributed by atoms with Crippen molar-refractivity contribution in [1.29, 1.82) is 0 Å². The van der Waals surface area contributed by atoms with Gasteiger partial charge in [0.15, 0.2) is 5.78 Å². The van der Waals surface area contributed by atoms with Crippen LogP contribution in [0.4, 0.5) is 11.4 Å². The molecular weight excluding hydrogens is 320 g/mol. The van der Waals surface area contributed by atoms with E-state index in [0.717, 1.165) is 38.8 Å². The Bertz CT molecular complexity index is 783. The standard InChI is InChI=1S/C23H24N2O/c26-21(13-17-24-15-5-9-19-7-1-3-11-22(19)24)14-18-25-16-6-10-20-8-2-4-12-23(20)25/h1-4,7-8,11-14,17-18H,5-6,9-10,15-16H2/b17-13+,18-14+. The lowest BCUT2D eigenvalue weighted by atomic mass is 10.0. The maximum absolute atomic E-state index is 12.3. The van der Waals surface area contributed by atoms with E-state index in [4.69, 9.17) is 0 Å². The summed E-state index contributed by atoms with van der Waals surface area (Å²) in [7, 11) is 0. The van der Waals surface area contributed by atoms with Gasteiger partial charge in [0.1, 0.15) is 0 Å². The number of carbonyl (C=O) groups is 1. The Morgan fingerprint density at radius 2 is 1.19 bits per heavy atom. The van der Waals surface area contributed by atoms with E-state index in [1.807, 2.05) is 12.4 Å². The molecule has 2 aromatic carbocycles. The first-order valence-electron chi connectivity index (χ1n) is 9.41. The number of nitrogens with zero attached hydrogens (tertiary/aromatic N) is 2. The van der Waals surface area contributed by atoms with Crippen molar-refractivity contribution in [2.75, 3.05) is 22.9 Å². The SMILES string of the molecule is O=C(/C=C/N1CCCc2ccccc21)/C=C/N1CCCc2ccccc21. The summed E-state index contributed by atoms with van der Waals surface area (Å²) in [5, 5.41) is 0. The molecule has 132 valence electrons. The Morgan fingerprint density at radius 3 is 1.69 bits per heavy atom. The fraction of sp³-hybridized carbons (Fsp3) is 0.261. The van der Waals surface area contributed by atoms with Gasteiger partial charge >= 0.3 is 0 Å². The summed E-state index contributed by atoms with van der Waals surface area (Å²) < 4.78 is 0. The van der Waals surface area contributed by atoms with Gasteiger partial charge in [0.25, 0.3) is 0 Å². The first-order chi connectivity index (χ1) is 12.8. The minimum atomic E-state index is 0.0242. The van der Waals surface area contributed by atoms with Crippen LogP contribution in [-0.2, 0) is 17.6 Å². The highest BCUT2D eigenvalue weighted by molar-refractivity contribution is 5.99. The molecule has 3 nitrogen and oxygen atoms in total. The second-order valence-electron chi connectivity index (χ2n) is 6.89. The van der Waals surface area contributed by atoms with Crippen molar-refractivity contribution in [3.63, 3.8) is 0 Å². The highest BCUT2D eigenvalue weighted by Gasteiger charge is 2.15. The Morgan fingerprint density at radius 1 is 0.731 bits per heavy atom. The molecule has 0 unspecified atom stereocenters. The molecule has 3 heteroatoms. The van der Waals surface area contributed by atoms with Gasteiger partial charge in [-0.05, 0) is 48.9 Å². The zero-order valence-electron chi connectivity index (χ0n) is 15.0. The largest absolute Gasteiger partial charge is 0.348 e. The second-order valence-corrected chi connectivity index (χ2v) is 6.89. The lowest BCUT2D eigenvalue weighted by molar-refractivity contribution is -0.110. The number of hydrogen-bond acceptors (Lipinski definition) is 3. The third-order valence-electron chi connectivity index (χ3n) is 5.13. The molecule has 0 N–H and O–H groups in total. The molecular formula is C23H24N2O. The van der Waals surface area contributed by atoms with Gasteiger partial charge in [0.2, 0.25) is 0 Å². The molecule has 0 aliphatic carbocycles. The topological polar surface area (TPSA) is 23.6 Å². The van der Waals surface area contributed by atoms with Gasteiger partial charge in [-0.1, -0.05) is 36.4 Å². The summed E-state index contributed by atoms with van der Waals surface area (Å²) in [6.45, 7) is 1.92. The molecule has 2 aliphatic heterocycles. The van der Waals surface area contributed by atoms with Gasteiger partial charge in [-0.2, -0.15) is 0 Å². The Kier molecular flexibility index (Phi) is 4.87. The third kappa shape index (κ3) is 3.57. The van der Waals surface area contributed by atoms with E-state index < -0.39 is 0 Å². The van der Waals surface area contributed by atoms with Crippen molar-refractivity contribution in [3.05, 3.63) is 84.2 Å². The number of rotatable bonds is 4. The van der Waals surface area contributed by atoms with Crippen LogP contribution in [0.3, 0.4) is 0 Å². The molecule has 0 spiro atoms. The first-order valence-corrected chi connectivity index (χ1v) is 9.41. The zero-order chi connectivity index (χ0) is 17.8. The van der Waals surface area contributed by atoms with Crippen LogP contribution in [0.1, 0.15) is 24.0 Å². The number of para-hydroxylation sites is 2. The number of hydrogen-bond donors (Lipinski definition) is 0. The fourth-order valence-corrected chi connectivity index (χ4v) is 3.82. The van der Waals surface area contributed by atoms with Crippen LogP contribution in [0.25, 0.3) is 0 Å². The highest BCUT2D eigenvalue weighted by atomic mass is 16.1. The Hall–Kier alpha value is -2.81. The van der Waals surface area contributed by atoms with Gasteiger partial charge in [-0.3, -0.25) is 4.79 Å². The van der Waals surface area contributed by atoms with Gasteiger partial charge in [0, 0.05) is 49.0 Å². The highest BCUT2D eigenvalue weighted by Crippen LogP contribution is 2.27. The van der Waals surface area contributed by atoms with E-state index in [2.05, 4.69) is 58.3 Å². The summed E-state index contributed by atoms with van der Waals surface area (Å²) in [6.07, 6.45) is 11.7. The van der Waals surface area contributed by atoms with Crippen molar-refractivity contribution in [2.24, 2.45) is 0 Å². The van der Waals surface area contributed by atoms with E-state index in [9.17, 15) is 4.79 Å². The van der Waals surface area contributed by atoms with Crippen LogP contribution in [0.5, 0.6) is 0 Å². The van der Waals surface area contributed by atoms with Crippen LogP contribution in [0.2, 0.25) is 0 Å². The van der Waals surface area contributed by atoms with E-state index in [-0.39, 0.29) is 5.78 Å². The molecule has 0 fully saturated rings. The maximum Gasteiger partial charge on any atom is 0.181 e. The number of fused-ring (bicyclic) bond motifs is 2. The quantitative estimate of drug-likeness (QED) is 0.764. The Labute approximate surface area is 155 Å². The van der Waals surface area contributed by atoms with Gasteiger partial charge in [-0.15, -0.1) is 0 Å². The van der Waals surface area contributed by atoms with Crippen molar-refractivity contribution >= 4 is 17.2 Å². The lowest BCUT2D eigenvalue weighted by Gasteiger charge is -2.28. The normalized spacial score (nSPS) is 16.8. The van der Waals surface area contributed by atoms with E-state index in [1.54, 1.807) is 12.2 Å². The number of aryl methyl sites for hydroxylation is 2. The molecule has 0 aromatic heterocycles. The second kappa shape index (κ2) is 7.61. The van der Waals surface area contributed by atoms with Crippen LogP contribution in [-0.4, -0.2) is 18.9 Å². The average Bonchev–Trinajstić information content (AvgIpc) is 2.70. The number of carbonyl (C=O) groups excluding carboxylic acids is 1. The molecule has 0 saturated heterocycles. The molecule has 2 aliphatic rings. The molecule has 26 heavy (non-hydrogen) atoms. The van der Waals surface area contributed by atoms with Crippen LogP contribution in [0, 0.1) is 0 Å². The molecule has 0 saturated carbocycles. The summed E-state index contributed by atoms with van der Waals surface area (Å²) in [6, 6.07) is 16.9. The minimum absolute atomic E-state index is 0.0242. The molecule has 2 aromatic rings. The van der Waals surface area contributed by atoms with Crippen molar-refractivity contribution in [1.82, 2.24) is 0 Å². The third-order valence-corrected chi connectivity index (χ3v) is 5.13. The van der Waals surface area contributed by atoms with Crippen molar-refractivity contribution in [2.45, 2.75) is 25.7 Å². The van der Waals surface area contributed by atoms with Crippen LogP contribution >= 0.6 is 0 Å². The number of allylic oxidation sites excluding steroid dienone is 2. The van der Waals surface area contributed by atoms with E-state index >= 15 is 0 Å². The van der Waals surface area contributed by atoms with Gasteiger partial charge < -0.3 is 9.80 Å². The molecule has 2 heterocycles. The summed E-state index contributed by atoms with van der Waals surface area (Å²) in [5.41, 5.74) is 5.15. The number of benzene rings is 2. The zero-order valence-corrected chi connectivity index (χ0v) is 15.0. The lowest BCUT2D eigenvalue weighted by Crippen LogP contribution is -2.24. The summed E-state index contributed by atoms with van der Waals surface area (Å²) in [5.74, 6) is 0.0242. The van der Waals surface area contributed by atoms with Crippen molar-refractivity contribution < 1.29 is 4.79 Å². The first kappa shape index (κ1) is 16.6. The van der Waals surface area contributed by atoms with Gasteiger partial charge in [-0.25, -0.2) is 0 Å². The van der Waals surface area contributed by atoms with Crippen LogP contribution < -0.4 is 9.80 Å². The summed E-state index contributed by atoms with van der Waals surface area (Å²) in [4.78, 5) is 16.7. The summed E-state index contributed by atoms with van der Waals surface area (Å²) >= 11 is 0. The Balaban J connectivity index is 1.44. The van der Waals surface area contributed by atoms with E-state index in [1.165, 1.54) is 22.5 Å². The minimum Gasteiger partial charge on any atom is -0.348 e. The number of ketones is 1. The molecule has 0 amide bonds. The van der Waals surface area contributed by atoms with Crippen molar-refractivity contribution in [3.8, 4) is 0 Å². The molecule has 4 rings (SSSR count). The molecule has 0 radical (unpaired) electrons. The van der Waals surface area contributed by atoms with E-state index in [0.29, 0.717) is 0 Å². The molecule has 0 bridgehead atoms.